The lowest BCUT2D eigenvalue weighted by Crippen LogP contribution is -2.33. The van der Waals surface area contributed by atoms with Gasteiger partial charge in [-0.15, -0.1) is 0 Å². The smallest absolute Gasteiger partial charge is 0.258 e. The van der Waals surface area contributed by atoms with Gasteiger partial charge in [-0.05, 0) is 50.4 Å². The predicted molar refractivity (Wildman–Crippen MR) is 81.8 cm³/mol. The Morgan fingerprint density at radius 3 is 2.45 bits per heavy atom. The van der Waals surface area contributed by atoms with E-state index in [0.717, 1.165) is 19.4 Å². The molecule has 0 heterocycles. The summed E-state index contributed by atoms with van der Waals surface area (Å²) in [5, 5.41) is 3.46. The molecule has 0 spiro atoms. The maximum Gasteiger partial charge on any atom is 0.258 e. The molecule has 0 bridgehead atoms. The second-order valence-electron chi connectivity index (χ2n) is 5.12. The maximum absolute atomic E-state index is 11.1. The number of hydrogen-bond acceptors (Lipinski definition) is 3. The van der Waals surface area contributed by atoms with Crippen molar-refractivity contribution >= 4 is 5.91 Å². The van der Waals surface area contributed by atoms with Gasteiger partial charge in [0.15, 0.2) is 6.10 Å². The van der Waals surface area contributed by atoms with Crippen LogP contribution in [-0.2, 0) is 11.2 Å². The number of amides is 1. The van der Waals surface area contributed by atoms with Gasteiger partial charge in [0, 0.05) is 6.04 Å². The molecule has 0 saturated heterocycles. The third-order valence-electron chi connectivity index (χ3n) is 3.17. The first-order valence-corrected chi connectivity index (χ1v) is 7.35. The Balaban J connectivity index is 2.53. The maximum atomic E-state index is 11.1. The van der Waals surface area contributed by atoms with Crippen LogP contribution in [0.2, 0.25) is 0 Å². The van der Waals surface area contributed by atoms with Crippen molar-refractivity contribution in [3.05, 3.63) is 29.8 Å². The number of carbonyl (C=O) groups excluding carboxylic acids is 1. The number of rotatable bonds is 9. The van der Waals surface area contributed by atoms with Crippen molar-refractivity contribution in [1.29, 1.82) is 0 Å². The number of carbonyl (C=O) groups is 1. The average molecular weight is 278 g/mol. The summed E-state index contributed by atoms with van der Waals surface area (Å²) in [5.74, 6) is 0.266. The highest BCUT2D eigenvalue weighted by atomic mass is 16.5. The highest BCUT2D eigenvalue weighted by molar-refractivity contribution is 5.79. The Morgan fingerprint density at radius 1 is 1.30 bits per heavy atom. The summed E-state index contributed by atoms with van der Waals surface area (Å²) in [4.78, 5) is 11.1. The van der Waals surface area contributed by atoms with Crippen molar-refractivity contribution in [1.82, 2.24) is 5.32 Å². The molecule has 2 unspecified atom stereocenters. The quantitative estimate of drug-likeness (QED) is 0.728. The molecule has 1 aromatic rings. The van der Waals surface area contributed by atoms with Crippen LogP contribution >= 0.6 is 0 Å². The summed E-state index contributed by atoms with van der Waals surface area (Å²) in [7, 11) is 0. The molecule has 0 saturated carbocycles. The Bertz CT molecular complexity index is 403. The second-order valence-corrected chi connectivity index (χ2v) is 5.12. The molecule has 0 fully saturated rings. The standard InChI is InChI=1S/C16H26N2O2/c1-4-10-18-12(3)11-13-6-8-14(9-7-13)20-15(5-2)16(17)19/h6-9,12,15,18H,4-5,10-11H2,1-3H3,(H2,17,19). The van der Waals surface area contributed by atoms with Gasteiger partial charge >= 0.3 is 0 Å². The van der Waals surface area contributed by atoms with Crippen LogP contribution in [0.25, 0.3) is 0 Å². The molecule has 0 aliphatic heterocycles. The van der Waals surface area contributed by atoms with Crippen molar-refractivity contribution in [3.63, 3.8) is 0 Å². The van der Waals surface area contributed by atoms with Gasteiger partial charge in [0.05, 0.1) is 0 Å². The van der Waals surface area contributed by atoms with Crippen LogP contribution in [0.15, 0.2) is 24.3 Å². The van der Waals surface area contributed by atoms with Gasteiger partial charge in [0.1, 0.15) is 5.75 Å². The molecule has 1 rings (SSSR count). The van der Waals surface area contributed by atoms with Crippen molar-refractivity contribution < 1.29 is 9.53 Å². The first-order valence-electron chi connectivity index (χ1n) is 7.35. The number of primary amides is 1. The summed E-state index contributed by atoms with van der Waals surface area (Å²) in [6, 6.07) is 8.32. The molecule has 0 aliphatic rings. The van der Waals surface area contributed by atoms with Gasteiger partial charge in [-0.25, -0.2) is 0 Å². The van der Waals surface area contributed by atoms with Crippen molar-refractivity contribution in [2.24, 2.45) is 5.73 Å². The third kappa shape index (κ3) is 5.61. The molecule has 0 radical (unpaired) electrons. The first kappa shape index (κ1) is 16.5. The molecular formula is C16H26N2O2. The van der Waals surface area contributed by atoms with Gasteiger partial charge in [-0.2, -0.15) is 0 Å². The minimum Gasteiger partial charge on any atom is -0.481 e. The van der Waals surface area contributed by atoms with Crippen molar-refractivity contribution in [2.45, 2.75) is 52.2 Å². The summed E-state index contributed by atoms with van der Waals surface area (Å²) < 4.78 is 5.56. The predicted octanol–water partition coefficient (Wildman–Crippen LogP) is 2.26. The Hall–Kier alpha value is -1.55. The number of benzene rings is 1. The molecule has 3 N–H and O–H groups in total. The van der Waals surface area contributed by atoms with Crippen LogP contribution in [0, 0.1) is 0 Å². The molecule has 0 aliphatic carbocycles. The fourth-order valence-electron chi connectivity index (χ4n) is 2.03. The van der Waals surface area contributed by atoms with Crippen LogP contribution in [0.1, 0.15) is 39.2 Å². The molecule has 2 atom stereocenters. The lowest BCUT2D eigenvalue weighted by molar-refractivity contribution is -0.124. The topological polar surface area (TPSA) is 64.3 Å². The fourth-order valence-corrected chi connectivity index (χ4v) is 2.03. The van der Waals surface area contributed by atoms with E-state index in [9.17, 15) is 4.79 Å². The van der Waals surface area contributed by atoms with Crippen molar-refractivity contribution in [2.75, 3.05) is 6.54 Å². The molecule has 1 amide bonds. The third-order valence-corrected chi connectivity index (χ3v) is 3.17. The number of ether oxygens (including phenoxy) is 1. The van der Waals surface area contributed by atoms with E-state index in [1.54, 1.807) is 0 Å². The molecule has 4 nitrogen and oxygen atoms in total. The Morgan fingerprint density at radius 2 is 1.95 bits per heavy atom. The zero-order valence-corrected chi connectivity index (χ0v) is 12.7. The van der Waals surface area contributed by atoms with E-state index in [1.807, 2.05) is 31.2 Å². The van der Waals surface area contributed by atoms with Crippen LogP contribution < -0.4 is 15.8 Å². The summed E-state index contributed by atoms with van der Waals surface area (Å²) in [6.45, 7) is 7.26. The number of nitrogens with one attached hydrogen (secondary N) is 1. The second kappa shape index (κ2) is 8.59. The highest BCUT2D eigenvalue weighted by Crippen LogP contribution is 2.16. The highest BCUT2D eigenvalue weighted by Gasteiger charge is 2.14. The average Bonchev–Trinajstić information content (AvgIpc) is 2.44. The van der Waals surface area contributed by atoms with Gasteiger partial charge in [0.2, 0.25) is 0 Å². The van der Waals surface area contributed by atoms with Crippen molar-refractivity contribution in [3.8, 4) is 5.75 Å². The van der Waals surface area contributed by atoms with E-state index in [1.165, 1.54) is 5.56 Å². The number of hydrogen-bond donors (Lipinski definition) is 2. The van der Waals surface area contributed by atoms with Gasteiger partial charge in [-0.1, -0.05) is 26.0 Å². The largest absolute Gasteiger partial charge is 0.481 e. The molecule has 0 aromatic heterocycles. The molecule has 20 heavy (non-hydrogen) atoms. The zero-order valence-electron chi connectivity index (χ0n) is 12.7. The molecular weight excluding hydrogens is 252 g/mol. The van der Waals surface area contributed by atoms with E-state index in [4.69, 9.17) is 10.5 Å². The van der Waals surface area contributed by atoms with E-state index in [-0.39, 0.29) is 0 Å². The van der Waals surface area contributed by atoms with Crippen LogP contribution in [0.5, 0.6) is 5.75 Å². The van der Waals surface area contributed by atoms with Crippen LogP contribution in [0.4, 0.5) is 0 Å². The van der Waals surface area contributed by atoms with Crippen LogP contribution in [0.3, 0.4) is 0 Å². The Labute approximate surface area is 121 Å². The van der Waals surface area contributed by atoms with Gasteiger partial charge in [-0.3, -0.25) is 4.79 Å². The Kier molecular flexibility index (Phi) is 7.09. The van der Waals surface area contributed by atoms with E-state index >= 15 is 0 Å². The fraction of sp³-hybridized carbons (Fsp3) is 0.562. The zero-order chi connectivity index (χ0) is 15.0. The lowest BCUT2D eigenvalue weighted by Gasteiger charge is -2.15. The van der Waals surface area contributed by atoms with Gasteiger partial charge < -0.3 is 15.8 Å². The monoisotopic (exact) mass is 278 g/mol. The van der Waals surface area contributed by atoms with E-state index in [0.29, 0.717) is 18.2 Å². The lowest BCUT2D eigenvalue weighted by atomic mass is 10.1. The SMILES string of the molecule is CCCNC(C)Cc1ccc(OC(CC)C(N)=O)cc1. The summed E-state index contributed by atoms with van der Waals surface area (Å²) in [6.07, 6.45) is 2.15. The minimum atomic E-state index is -0.550. The first-order chi connectivity index (χ1) is 9.56. The number of nitrogens with two attached hydrogens (primary N) is 1. The van der Waals surface area contributed by atoms with Gasteiger partial charge in [0.25, 0.3) is 5.91 Å². The summed E-state index contributed by atoms with van der Waals surface area (Å²) >= 11 is 0. The summed E-state index contributed by atoms with van der Waals surface area (Å²) in [5.41, 5.74) is 6.52. The van der Waals surface area contributed by atoms with E-state index in [2.05, 4.69) is 19.2 Å². The minimum absolute atomic E-state index is 0.422. The molecule has 1 aromatic carbocycles. The van der Waals surface area contributed by atoms with Crippen LogP contribution in [-0.4, -0.2) is 24.6 Å². The molecule has 4 heteroatoms. The molecule has 112 valence electrons. The van der Waals surface area contributed by atoms with E-state index < -0.39 is 12.0 Å². The normalized spacial score (nSPS) is 13.8.